The molecule has 0 saturated carbocycles. The molecule has 1 aromatic carbocycles. The van der Waals surface area contributed by atoms with Crippen LogP contribution in [-0.4, -0.2) is 32.5 Å². The summed E-state index contributed by atoms with van der Waals surface area (Å²) in [4.78, 5) is 10.0. The number of benzene rings is 1. The average Bonchev–Trinajstić information content (AvgIpc) is 2.53. The number of anilines is 1. The lowest BCUT2D eigenvalue weighted by Gasteiger charge is -2.21. The summed E-state index contributed by atoms with van der Waals surface area (Å²) in [6.07, 6.45) is 3.07. The molecule has 0 atom stereocenters. The number of aromatic nitrogens is 2. The van der Waals surface area contributed by atoms with Crippen LogP contribution in [0.3, 0.4) is 0 Å². The predicted molar refractivity (Wildman–Crippen MR) is 95.7 cm³/mol. The number of halogens is 1. The Kier molecular flexibility index (Phi) is 4.16. The van der Waals surface area contributed by atoms with Crippen molar-refractivity contribution in [2.75, 3.05) is 19.0 Å². The standard InChI is InChI=1S/C16H15ClN4O2S/c1-21(2)15-11(7-9-20-16(15)24(18,22)23)13-12(17)6-5-10-4-3-8-19-14(10)13/h3-9H,1-2H3,(H2,18,22,23). The van der Waals surface area contributed by atoms with Gasteiger partial charge in [-0.15, -0.1) is 0 Å². The molecule has 0 bridgehead atoms. The fourth-order valence-electron chi connectivity index (χ4n) is 2.65. The molecule has 2 N–H and O–H groups in total. The smallest absolute Gasteiger partial charge is 0.257 e. The van der Waals surface area contributed by atoms with Gasteiger partial charge in [-0.25, -0.2) is 18.5 Å². The first-order chi connectivity index (χ1) is 11.3. The Morgan fingerprint density at radius 1 is 1.08 bits per heavy atom. The van der Waals surface area contributed by atoms with Gasteiger partial charge in [0.25, 0.3) is 10.0 Å². The van der Waals surface area contributed by atoms with E-state index in [0.29, 0.717) is 27.4 Å². The van der Waals surface area contributed by atoms with Crippen LogP contribution < -0.4 is 10.0 Å². The van der Waals surface area contributed by atoms with Crippen LogP contribution in [0.15, 0.2) is 47.8 Å². The number of sulfonamides is 1. The number of fused-ring (bicyclic) bond motifs is 1. The van der Waals surface area contributed by atoms with Crippen LogP contribution in [0, 0.1) is 0 Å². The summed E-state index contributed by atoms with van der Waals surface area (Å²) < 4.78 is 23.9. The molecule has 0 radical (unpaired) electrons. The van der Waals surface area contributed by atoms with Crippen LogP contribution in [0.4, 0.5) is 5.69 Å². The predicted octanol–water partition coefficient (Wildman–Crippen LogP) is 2.66. The summed E-state index contributed by atoms with van der Waals surface area (Å²) in [7, 11) is -0.544. The molecule has 24 heavy (non-hydrogen) atoms. The summed E-state index contributed by atoms with van der Waals surface area (Å²) in [5.74, 6) is 0. The average molecular weight is 363 g/mol. The molecule has 0 aliphatic carbocycles. The van der Waals surface area contributed by atoms with Gasteiger partial charge in [0, 0.05) is 43.0 Å². The molecule has 0 saturated heterocycles. The van der Waals surface area contributed by atoms with Crippen molar-refractivity contribution in [1.29, 1.82) is 0 Å². The zero-order valence-electron chi connectivity index (χ0n) is 13.1. The largest absolute Gasteiger partial charge is 0.375 e. The van der Waals surface area contributed by atoms with Gasteiger partial charge in [-0.3, -0.25) is 4.98 Å². The highest BCUT2D eigenvalue weighted by atomic mass is 35.5. The Bertz CT molecular complexity index is 1040. The highest BCUT2D eigenvalue weighted by Crippen LogP contribution is 2.40. The molecule has 3 rings (SSSR count). The van der Waals surface area contributed by atoms with Crippen molar-refractivity contribution in [3.05, 3.63) is 47.7 Å². The molecular formula is C16H15ClN4O2S. The lowest BCUT2D eigenvalue weighted by molar-refractivity contribution is 0.594. The van der Waals surface area contributed by atoms with Crippen molar-refractivity contribution in [2.45, 2.75) is 5.03 Å². The fraction of sp³-hybridized carbons (Fsp3) is 0.125. The third kappa shape index (κ3) is 2.82. The van der Waals surface area contributed by atoms with Crippen LogP contribution in [0.1, 0.15) is 0 Å². The third-order valence-corrected chi connectivity index (χ3v) is 4.75. The normalized spacial score (nSPS) is 11.7. The van der Waals surface area contributed by atoms with Crippen molar-refractivity contribution >= 4 is 38.2 Å². The summed E-state index contributed by atoms with van der Waals surface area (Å²) >= 11 is 6.42. The molecule has 6 nitrogen and oxygen atoms in total. The monoisotopic (exact) mass is 362 g/mol. The minimum absolute atomic E-state index is 0.200. The van der Waals surface area contributed by atoms with E-state index in [4.69, 9.17) is 16.7 Å². The van der Waals surface area contributed by atoms with Crippen LogP contribution in [0.25, 0.3) is 22.0 Å². The quantitative estimate of drug-likeness (QED) is 0.773. The Morgan fingerprint density at radius 3 is 2.50 bits per heavy atom. The number of pyridine rings is 2. The van der Waals surface area contributed by atoms with E-state index in [1.807, 2.05) is 18.2 Å². The Balaban J connectivity index is 2.46. The van der Waals surface area contributed by atoms with Gasteiger partial charge in [0.2, 0.25) is 0 Å². The number of hydrogen-bond donors (Lipinski definition) is 1. The van der Waals surface area contributed by atoms with Crippen LogP contribution in [0.2, 0.25) is 5.02 Å². The Hall–Kier alpha value is -2.22. The van der Waals surface area contributed by atoms with Crippen LogP contribution in [0.5, 0.6) is 0 Å². The molecule has 3 aromatic rings. The van der Waals surface area contributed by atoms with Crippen molar-refractivity contribution < 1.29 is 8.42 Å². The second-order valence-electron chi connectivity index (χ2n) is 5.45. The molecule has 0 spiro atoms. The molecule has 0 aliphatic rings. The zero-order valence-corrected chi connectivity index (χ0v) is 14.6. The fourth-order valence-corrected chi connectivity index (χ4v) is 3.68. The molecule has 2 heterocycles. The van der Waals surface area contributed by atoms with Crippen molar-refractivity contribution in [3.63, 3.8) is 0 Å². The Labute approximate surface area is 145 Å². The molecule has 2 aromatic heterocycles. The van der Waals surface area contributed by atoms with E-state index < -0.39 is 10.0 Å². The summed E-state index contributed by atoms with van der Waals surface area (Å²) in [6, 6.07) is 9.08. The minimum Gasteiger partial charge on any atom is -0.375 e. The Morgan fingerprint density at radius 2 is 1.83 bits per heavy atom. The second kappa shape index (κ2) is 6.01. The van der Waals surface area contributed by atoms with E-state index in [9.17, 15) is 8.42 Å². The summed E-state index contributed by atoms with van der Waals surface area (Å²) in [5, 5.41) is 6.49. The molecule has 0 aliphatic heterocycles. The highest BCUT2D eigenvalue weighted by Gasteiger charge is 2.23. The second-order valence-corrected chi connectivity index (χ2v) is 7.33. The van der Waals surface area contributed by atoms with Gasteiger partial charge in [-0.05, 0) is 18.2 Å². The van der Waals surface area contributed by atoms with Gasteiger partial charge in [0.05, 0.1) is 16.2 Å². The molecule has 0 amide bonds. The maximum atomic E-state index is 11.9. The van der Waals surface area contributed by atoms with E-state index in [2.05, 4.69) is 9.97 Å². The van der Waals surface area contributed by atoms with Crippen LogP contribution in [-0.2, 0) is 10.0 Å². The summed E-state index contributed by atoms with van der Waals surface area (Å²) in [5.41, 5.74) is 2.30. The van der Waals surface area contributed by atoms with Gasteiger partial charge in [0.1, 0.15) is 0 Å². The van der Waals surface area contributed by atoms with E-state index in [-0.39, 0.29) is 5.03 Å². The molecular weight excluding hydrogens is 348 g/mol. The lowest BCUT2D eigenvalue weighted by Crippen LogP contribution is -2.21. The van der Waals surface area contributed by atoms with E-state index in [1.54, 1.807) is 37.3 Å². The van der Waals surface area contributed by atoms with Gasteiger partial charge >= 0.3 is 0 Å². The first-order valence-electron chi connectivity index (χ1n) is 7.03. The molecule has 0 fully saturated rings. The maximum absolute atomic E-state index is 11.9. The van der Waals surface area contributed by atoms with Gasteiger partial charge in [-0.1, -0.05) is 23.7 Å². The number of nitrogens with zero attached hydrogens (tertiary/aromatic N) is 3. The number of rotatable bonds is 3. The highest BCUT2D eigenvalue weighted by molar-refractivity contribution is 7.89. The zero-order chi connectivity index (χ0) is 17.5. The summed E-state index contributed by atoms with van der Waals surface area (Å²) in [6.45, 7) is 0. The molecule has 0 unspecified atom stereocenters. The number of hydrogen-bond acceptors (Lipinski definition) is 5. The van der Waals surface area contributed by atoms with Gasteiger partial charge in [0.15, 0.2) is 5.03 Å². The molecule has 8 heteroatoms. The van der Waals surface area contributed by atoms with E-state index in [0.717, 1.165) is 5.39 Å². The van der Waals surface area contributed by atoms with E-state index >= 15 is 0 Å². The first-order valence-corrected chi connectivity index (χ1v) is 8.96. The van der Waals surface area contributed by atoms with Crippen molar-refractivity contribution in [3.8, 4) is 11.1 Å². The SMILES string of the molecule is CN(C)c1c(-c2c(Cl)ccc3cccnc23)ccnc1S(N)(=O)=O. The van der Waals surface area contributed by atoms with E-state index in [1.165, 1.54) is 6.20 Å². The topological polar surface area (TPSA) is 89.2 Å². The third-order valence-electron chi connectivity index (χ3n) is 3.60. The number of primary sulfonamides is 1. The first kappa shape index (κ1) is 16.6. The van der Waals surface area contributed by atoms with Crippen molar-refractivity contribution in [2.24, 2.45) is 5.14 Å². The van der Waals surface area contributed by atoms with Gasteiger partial charge in [-0.2, -0.15) is 0 Å². The van der Waals surface area contributed by atoms with Crippen LogP contribution >= 0.6 is 11.6 Å². The lowest BCUT2D eigenvalue weighted by atomic mass is 10.0. The number of nitrogens with two attached hydrogens (primary N) is 1. The van der Waals surface area contributed by atoms with Gasteiger partial charge < -0.3 is 4.90 Å². The van der Waals surface area contributed by atoms with Crippen molar-refractivity contribution in [1.82, 2.24) is 9.97 Å². The maximum Gasteiger partial charge on any atom is 0.257 e. The minimum atomic E-state index is -3.99. The molecule has 124 valence electrons.